The van der Waals surface area contributed by atoms with Crippen LogP contribution in [0, 0.1) is 11.8 Å². The van der Waals surface area contributed by atoms with Crippen LogP contribution in [0.25, 0.3) is 0 Å². The Kier molecular flexibility index (Phi) is 9.33. The van der Waals surface area contributed by atoms with E-state index in [0.717, 1.165) is 38.5 Å². The zero-order valence-electron chi connectivity index (χ0n) is 11.5. The van der Waals surface area contributed by atoms with Gasteiger partial charge in [0.2, 0.25) is 0 Å². The van der Waals surface area contributed by atoms with Crippen LogP contribution < -0.4 is 0 Å². The quantitative estimate of drug-likeness (QED) is 0.556. The number of carboxylic acid groups (broad SMARTS) is 2. The molecule has 0 amide bonds. The van der Waals surface area contributed by atoms with E-state index in [1.165, 1.54) is 0 Å². The van der Waals surface area contributed by atoms with Gasteiger partial charge < -0.3 is 10.2 Å². The van der Waals surface area contributed by atoms with Gasteiger partial charge in [-0.25, -0.2) is 0 Å². The minimum absolute atomic E-state index is 0.239. The highest BCUT2D eigenvalue weighted by Gasteiger charge is 2.16. The number of unbranched alkanes of at least 4 members (excludes halogenated alkanes) is 1. The molecule has 106 valence electrons. The molecule has 2 unspecified atom stereocenters. The molecule has 18 heavy (non-hydrogen) atoms. The molecule has 0 saturated heterocycles. The highest BCUT2D eigenvalue weighted by Crippen LogP contribution is 2.25. The molecule has 0 aliphatic heterocycles. The molecule has 0 rings (SSSR count). The molecule has 0 aliphatic rings. The second-order valence-electron chi connectivity index (χ2n) is 5.02. The smallest absolute Gasteiger partial charge is 0.303 e. The number of hydrogen-bond acceptors (Lipinski definition) is 2. The first-order valence-corrected chi connectivity index (χ1v) is 6.93. The molecule has 0 bridgehead atoms. The second-order valence-corrected chi connectivity index (χ2v) is 5.02. The zero-order chi connectivity index (χ0) is 14.0. The van der Waals surface area contributed by atoms with Gasteiger partial charge in [0.05, 0.1) is 0 Å². The van der Waals surface area contributed by atoms with Crippen molar-refractivity contribution in [3.63, 3.8) is 0 Å². The van der Waals surface area contributed by atoms with Crippen LogP contribution in [-0.4, -0.2) is 22.2 Å². The Bertz CT molecular complexity index is 250. The van der Waals surface area contributed by atoms with Crippen molar-refractivity contribution in [2.24, 2.45) is 11.8 Å². The average molecular weight is 258 g/mol. The lowest BCUT2D eigenvalue weighted by molar-refractivity contribution is -0.139. The Balaban J connectivity index is 3.92. The number of rotatable bonds is 11. The van der Waals surface area contributed by atoms with Crippen molar-refractivity contribution in [3.05, 3.63) is 0 Å². The zero-order valence-corrected chi connectivity index (χ0v) is 11.5. The third kappa shape index (κ3) is 9.02. The Labute approximate surface area is 109 Å². The largest absolute Gasteiger partial charge is 0.481 e. The fourth-order valence-electron chi connectivity index (χ4n) is 2.31. The van der Waals surface area contributed by atoms with Crippen LogP contribution >= 0.6 is 0 Å². The lowest BCUT2D eigenvalue weighted by Gasteiger charge is -2.20. The highest BCUT2D eigenvalue weighted by atomic mass is 16.4. The van der Waals surface area contributed by atoms with E-state index in [4.69, 9.17) is 10.2 Å². The molecule has 0 fully saturated rings. The Hall–Kier alpha value is -1.06. The summed E-state index contributed by atoms with van der Waals surface area (Å²) < 4.78 is 0. The fourth-order valence-corrected chi connectivity index (χ4v) is 2.31. The summed E-state index contributed by atoms with van der Waals surface area (Å²) in [5, 5.41) is 17.4. The monoisotopic (exact) mass is 258 g/mol. The van der Waals surface area contributed by atoms with E-state index in [9.17, 15) is 9.59 Å². The average Bonchev–Trinajstić information content (AvgIpc) is 2.30. The van der Waals surface area contributed by atoms with Gasteiger partial charge in [0.15, 0.2) is 0 Å². The maximum atomic E-state index is 10.7. The summed E-state index contributed by atoms with van der Waals surface area (Å²) in [6.07, 6.45) is 6.05. The van der Waals surface area contributed by atoms with Gasteiger partial charge in [-0.05, 0) is 24.7 Å². The van der Waals surface area contributed by atoms with Crippen LogP contribution in [0.2, 0.25) is 0 Å². The normalized spacial score (nSPS) is 14.1. The summed E-state index contributed by atoms with van der Waals surface area (Å²) in [5.74, 6) is -0.669. The minimum atomic E-state index is -0.736. The van der Waals surface area contributed by atoms with E-state index < -0.39 is 11.9 Å². The molecule has 4 nitrogen and oxygen atoms in total. The van der Waals surface area contributed by atoms with Gasteiger partial charge in [-0.15, -0.1) is 0 Å². The third-order valence-electron chi connectivity index (χ3n) is 3.54. The molecule has 0 aliphatic carbocycles. The van der Waals surface area contributed by atoms with Gasteiger partial charge in [0.1, 0.15) is 0 Å². The molecular formula is C14H26O4. The molecule has 0 saturated carbocycles. The first-order valence-electron chi connectivity index (χ1n) is 6.93. The van der Waals surface area contributed by atoms with E-state index in [2.05, 4.69) is 6.92 Å². The van der Waals surface area contributed by atoms with Gasteiger partial charge in [-0.1, -0.05) is 39.5 Å². The van der Waals surface area contributed by atoms with Crippen molar-refractivity contribution >= 4 is 11.9 Å². The van der Waals surface area contributed by atoms with Crippen LogP contribution in [0.3, 0.4) is 0 Å². The number of carbonyl (C=O) groups is 2. The number of carboxylic acids is 2. The maximum Gasteiger partial charge on any atom is 0.303 e. The van der Waals surface area contributed by atoms with Crippen molar-refractivity contribution in [1.29, 1.82) is 0 Å². The third-order valence-corrected chi connectivity index (χ3v) is 3.54. The fraction of sp³-hybridized carbons (Fsp3) is 0.857. The minimum Gasteiger partial charge on any atom is -0.481 e. The molecule has 0 aromatic rings. The van der Waals surface area contributed by atoms with E-state index in [-0.39, 0.29) is 18.8 Å². The van der Waals surface area contributed by atoms with Gasteiger partial charge in [0.25, 0.3) is 0 Å². The lowest BCUT2D eigenvalue weighted by atomic mass is 9.85. The summed E-state index contributed by atoms with van der Waals surface area (Å²) in [4.78, 5) is 21.1. The van der Waals surface area contributed by atoms with Crippen molar-refractivity contribution in [2.45, 2.75) is 65.2 Å². The van der Waals surface area contributed by atoms with Crippen molar-refractivity contribution in [3.8, 4) is 0 Å². The summed E-state index contributed by atoms with van der Waals surface area (Å²) in [7, 11) is 0. The van der Waals surface area contributed by atoms with Crippen LogP contribution in [0.1, 0.15) is 65.2 Å². The molecule has 0 aromatic carbocycles. The summed E-state index contributed by atoms with van der Waals surface area (Å²) >= 11 is 0. The predicted molar refractivity (Wildman–Crippen MR) is 70.5 cm³/mol. The lowest BCUT2D eigenvalue weighted by Crippen LogP contribution is -2.12. The maximum absolute atomic E-state index is 10.7. The predicted octanol–water partition coefficient (Wildman–Crippen LogP) is 3.55. The Morgan fingerprint density at radius 2 is 1.56 bits per heavy atom. The van der Waals surface area contributed by atoms with Crippen LogP contribution in [0.4, 0.5) is 0 Å². The molecule has 2 atom stereocenters. The SMILES string of the molecule is CCC(CCCCC(=O)O)CC(CC)CC(=O)O. The number of hydrogen-bond donors (Lipinski definition) is 2. The topological polar surface area (TPSA) is 74.6 Å². The van der Waals surface area contributed by atoms with Gasteiger partial charge in [0, 0.05) is 12.8 Å². The second kappa shape index (κ2) is 9.92. The summed E-state index contributed by atoms with van der Waals surface area (Å²) in [6.45, 7) is 4.15. The standard InChI is InChI=1S/C14H26O4/c1-3-11(7-5-6-8-13(15)16)9-12(4-2)10-14(17)18/h11-12H,3-10H2,1-2H3,(H,15,16)(H,17,18). The first-order chi connectivity index (χ1) is 8.49. The summed E-state index contributed by atoms with van der Waals surface area (Å²) in [5.41, 5.74) is 0. The first kappa shape index (κ1) is 16.9. The molecule has 0 radical (unpaired) electrons. The van der Waals surface area contributed by atoms with Crippen molar-refractivity contribution < 1.29 is 19.8 Å². The van der Waals surface area contributed by atoms with Crippen LogP contribution in [-0.2, 0) is 9.59 Å². The molecular weight excluding hydrogens is 232 g/mol. The van der Waals surface area contributed by atoms with Crippen LogP contribution in [0.5, 0.6) is 0 Å². The van der Waals surface area contributed by atoms with E-state index in [1.54, 1.807) is 0 Å². The van der Waals surface area contributed by atoms with E-state index in [1.807, 2.05) is 6.92 Å². The van der Waals surface area contributed by atoms with Crippen molar-refractivity contribution in [1.82, 2.24) is 0 Å². The van der Waals surface area contributed by atoms with Gasteiger partial charge >= 0.3 is 11.9 Å². The molecule has 0 spiro atoms. The van der Waals surface area contributed by atoms with E-state index in [0.29, 0.717) is 5.92 Å². The Morgan fingerprint density at radius 3 is 2.00 bits per heavy atom. The number of aliphatic carboxylic acids is 2. The van der Waals surface area contributed by atoms with Gasteiger partial charge in [-0.2, -0.15) is 0 Å². The summed E-state index contributed by atoms with van der Waals surface area (Å²) in [6, 6.07) is 0. The van der Waals surface area contributed by atoms with E-state index >= 15 is 0 Å². The molecule has 0 aromatic heterocycles. The Morgan fingerprint density at radius 1 is 0.944 bits per heavy atom. The molecule has 2 N–H and O–H groups in total. The molecule has 4 heteroatoms. The highest BCUT2D eigenvalue weighted by molar-refractivity contribution is 5.67. The van der Waals surface area contributed by atoms with Crippen LogP contribution in [0.15, 0.2) is 0 Å². The van der Waals surface area contributed by atoms with Gasteiger partial charge in [-0.3, -0.25) is 9.59 Å². The molecule has 0 heterocycles. The van der Waals surface area contributed by atoms with Crippen molar-refractivity contribution in [2.75, 3.05) is 0 Å².